The second-order valence-electron chi connectivity index (χ2n) is 9.76. The van der Waals surface area contributed by atoms with E-state index in [1.807, 2.05) is 20.6 Å². The van der Waals surface area contributed by atoms with Gasteiger partial charge in [-0.25, -0.2) is 0 Å². The van der Waals surface area contributed by atoms with Gasteiger partial charge in [-0.1, -0.05) is 109 Å². The summed E-state index contributed by atoms with van der Waals surface area (Å²) in [6, 6.07) is 16.2. The fourth-order valence-corrected chi connectivity index (χ4v) is 4.15. The van der Waals surface area contributed by atoms with Crippen LogP contribution in [0, 0.1) is 18.8 Å². The van der Waals surface area contributed by atoms with Crippen molar-refractivity contribution in [2.45, 2.75) is 110 Å². The number of allylic oxidation sites excluding steroid dienone is 4. The second kappa shape index (κ2) is 22.5. The molecule has 0 aromatic heterocycles. The van der Waals surface area contributed by atoms with E-state index in [0.717, 1.165) is 19.3 Å². The van der Waals surface area contributed by atoms with Crippen molar-refractivity contribution in [3.63, 3.8) is 0 Å². The van der Waals surface area contributed by atoms with Gasteiger partial charge in [-0.05, 0) is 105 Å². The highest BCUT2D eigenvalue weighted by Gasteiger charge is 2.16. The Bertz CT molecular complexity index is 946. The molecule has 0 heterocycles. The van der Waals surface area contributed by atoms with Crippen LogP contribution in [0.4, 0.5) is 0 Å². The van der Waals surface area contributed by atoms with Crippen LogP contribution in [0.25, 0.3) is 11.1 Å². The van der Waals surface area contributed by atoms with E-state index >= 15 is 0 Å². The predicted octanol–water partition coefficient (Wildman–Crippen LogP) is 10.5. The molecule has 2 aromatic carbocycles. The molecule has 1 unspecified atom stereocenters. The summed E-state index contributed by atoms with van der Waals surface area (Å²) in [6.07, 6.45) is 3.30. The molecule has 216 valence electrons. The summed E-state index contributed by atoms with van der Waals surface area (Å²) in [5.41, 5.74) is 12.6. The smallest absolute Gasteiger partial charge is 0.106 e. The molecular formula is C36H60O2. The summed E-state index contributed by atoms with van der Waals surface area (Å²) in [7, 11) is 0. The zero-order valence-electron chi connectivity index (χ0n) is 26.1. The lowest BCUT2D eigenvalue weighted by molar-refractivity contribution is -0.0980. The standard InChI is InChI=1S/C30H42.C2H6O.C2H6.CH2O.CH4/c1-10-26-12-14-28(15-13-26)25(9)30(24(8)23(7)18-22(6)20(3)4)29-17-21(5)16-27(11-2)19-29;1-2-3;2*1-2;/h12-17,19-20,22H,10-11,18H2,1-9H3;3H,2H2,1H3;1-2H3;1H2;1H4/b24-23-,30-25-;;;;. The number of hydrogen-bond acceptors (Lipinski definition) is 2. The fraction of sp³-hybridized carbons (Fsp3) is 0.528. The Morgan fingerprint density at radius 2 is 1.29 bits per heavy atom. The third-order valence-corrected chi connectivity index (χ3v) is 6.79. The first-order chi connectivity index (χ1) is 17.6. The van der Waals surface area contributed by atoms with Crippen LogP contribution in [0.5, 0.6) is 0 Å². The second-order valence-corrected chi connectivity index (χ2v) is 9.76. The average molecular weight is 525 g/mol. The van der Waals surface area contributed by atoms with Gasteiger partial charge in [-0.2, -0.15) is 0 Å². The SMILES string of the molecule is C.C=O.CC.CCO.CCc1ccc(/C(C)=C(/C(C)=C(/C)CC(C)C(C)C)c2cc(C)cc(CC)c2)cc1. The van der Waals surface area contributed by atoms with Gasteiger partial charge in [0.1, 0.15) is 6.79 Å². The van der Waals surface area contributed by atoms with E-state index in [2.05, 4.69) is 105 Å². The molecule has 0 radical (unpaired) electrons. The zero-order valence-corrected chi connectivity index (χ0v) is 26.1. The third-order valence-electron chi connectivity index (χ3n) is 6.79. The van der Waals surface area contributed by atoms with Crippen molar-refractivity contribution >= 4 is 17.9 Å². The van der Waals surface area contributed by atoms with E-state index in [-0.39, 0.29) is 14.0 Å². The first-order valence-electron chi connectivity index (χ1n) is 14.1. The molecule has 0 bridgehead atoms. The van der Waals surface area contributed by atoms with E-state index in [1.165, 1.54) is 50.1 Å². The minimum Gasteiger partial charge on any atom is -0.397 e. The Morgan fingerprint density at radius 3 is 1.71 bits per heavy atom. The Balaban J connectivity index is -0.00000140. The van der Waals surface area contributed by atoms with Crippen molar-refractivity contribution in [2.24, 2.45) is 11.8 Å². The molecular weight excluding hydrogens is 464 g/mol. The van der Waals surface area contributed by atoms with Gasteiger partial charge in [0, 0.05) is 6.61 Å². The van der Waals surface area contributed by atoms with E-state index in [0.29, 0.717) is 11.8 Å². The minimum atomic E-state index is 0. The minimum absolute atomic E-state index is 0. The molecule has 2 heteroatoms. The van der Waals surface area contributed by atoms with Crippen molar-refractivity contribution in [1.29, 1.82) is 0 Å². The van der Waals surface area contributed by atoms with Crippen LogP contribution in [-0.2, 0) is 17.6 Å². The van der Waals surface area contributed by atoms with E-state index in [9.17, 15) is 0 Å². The lowest BCUT2D eigenvalue weighted by Crippen LogP contribution is -2.06. The molecule has 2 nitrogen and oxygen atoms in total. The maximum Gasteiger partial charge on any atom is 0.106 e. The summed E-state index contributed by atoms with van der Waals surface area (Å²) >= 11 is 0. The molecule has 0 fully saturated rings. The Hall–Kier alpha value is -2.45. The Morgan fingerprint density at radius 1 is 0.816 bits per heavy atom. The van der Waals surface area contributed by atoms with Crippen molar-refractivity contribution in [3.8, 4) is 0 Å². The van der Waals surface area contributed by atoms with Crippen LogP contribution in [-0.4, -0.2) is 18.5 Å². The number of hydrogen-bond donors (Lipinski definition) is 1. The Kier molecular flexibility index (Phi) is 23.7. The van der Waals surface area contributed by atoms with Gasteiger partial charge in [0.2, 0.25) is 0 Å². The molecule has 0 aliphatic rings. The topological polar surface area (TPSA) is 37.3 Å². The summed E-state index contributed by atoms with van der Waals surface area (Å²) in [5, 5.41) is 7.57. The van der Waals surface area contributed by atoms with Crippen LogP contribution in [0.3, 0.4) is 0 Å². The number of aliphatic hydroxyl groups excluding tert-OH is 1. The first kappa shape index (κ1) is 40.1. The van der Waals surface area contributed by atoms with E-state index in [4.69, 9.17) is 9.90 Å². The monoisotopic (exact) mass is 524 g/mol. The van der Waals surface area contributed by atoms with Gasteiger partial charge in [0.25, 0.3) is 0 Å². The van der Waals surface area contributed by atoms with Crippen LogP contribution in [0.2, 0.25) is 0 Å². The lowest BCUT2D eigenvalue weighted by Gasteiger charge is -2.21. The van der Waals surface area contributed by atoms with Gasteiger partial charge in [0.05, 0.1) is 0 Å². The number of benzene rings is 2. The zero-order chi connectivity index (χ0) is 29.1. The van der Waals surface area contributed by atoms with Crippen LogP contribution in [0.15, 0.2) is 53.6 Å². The number of aliphatic hydroxyl groups is 1. The van der Waals surface area contributed by atoms with Gasteiger partial charge in [0.15, 0.2) is 0 Å². The van der Waals surface area contributed by atoms with Crippen molar-refractivity contribution in [3.05, 3.63) is 81.4 Å². The van der Waals surface area contributed by atoms with Crippen molar-refractivity contribution < 1.29 is 9.90 Å². The van der Waals surface area contributed by atoms with Crippen LogP contribution < -0.4 is 0 Å². The summed E-state index contributed by atoms with van der Waals surface area (Å²) < 4.78 is 0. The van der Waals surface area contributed by atoms with E-state index < -0.39 is 0 Å². The molecule has 38 heavy (non-hydrogen) atoms. The maximum absolute atomic E-state index is 8.00. The molecule has 0 spiro atoms. The fourth-order valence-electron chi connectivity index (χ4n) is 4.15. The highest BCUT2D eigenvalue weighted by Crippen LogP contribution is 2.36. The normalized spacial score (nSPS) is 12.2. The average Bonchev–Trinajstić information content (AvgIpc) is 2.91. The van der Waals surface area contributed by atoms with Crippen LogP contribution >= 0.6 is 0 Å². The quantitative estimate of drug-likeness (QED) is 0.275. The molecule has 2 rings (SSSR count). The predicted molar refractivity (Wildman–Crippen MR) is 174 cm³/mol. The molecule has 1 N–H and O–H groups in total. The van der Waals surface area contributed by atoms with E-state index in [1.54, 1.807) is 6.92 Å². The molecule has 1 atom stereocenters. The summed E-state index contributed by atoms with van der Waals surface area (Å²) in [6.45, 7) is 28.6. The lowest BCUT2D eigenvalue weighted by atomic mass is 9.84. The highest BCUT2D eigenvalue weighted by molar-refractivity contribution is 5.97. The van der Waals surface area contributed by atoms with Gasteiger partial charge >= 0.3 is 0 Å². The molecule has 0 aliphatic carbocycles. The number of carbonyl (C=O) groups excluding carboxylic acids is 1. The number of rotatable bonds is 8. The number of carbonyl (C=O) groups is 1. The van der Waals surface area contributed by atoms with Gasteiger partial charge in [-0.3, -0.25) is 0 Å². The van der Waals surface area contributed by atoms with Crippen molar-refractivity contribution in [1.82, 2.24) is 0 Å². The molecule has 0 aliphatic heterocycles. The molecule has 0 saturated heterocycles. The highest BCUT2D eigenvalue weighted by atomic mass is 16.2. The molecule has 0 amide bonds. The first-order valence-corrected chi connectivity index (χ1v) is 14.1. The Labute approximate surface area is 237 Å². The van der Waals surface area contributed by atoms with Crippen LogP contribution in [0.1, 0.15) is 118 Å². The summed E-state index contributed by atoms with van der Waals surface area (Å²) in [4.78, 5) is 8.00. The number of aryl methyl sites for hydroxylation is 3. The third kappa shape index (κ3) is 13.4. The summed E-state index contributed by atoms with van der Waals surface area (Å²) in [5.74, 6) is 1.39. The molecule has 0 saturated carbocycles. The largest absolute Gasteiger partial charge is 0.397 e. The maximum atomic E-state index is 8.00. The van der Waals surface area contributed by atoms with Gasteiger partial charge in [-0.15, -0.1) is 0 Å². The molecule has 2 aromatic rings. The van der Waals surface area contributed by atoms with Gasteiger partial charge < -0.3 is 9.90 Å². The van der Waals surface area contributed by atoms with Crippen molar-refractivity contribution in [2.75, 3.05) is 6.61 Å².